The molecule has 4 rings (SSSR count). The number of fused-ring (bicyclic) bond motifs is 1. The first-order valence-corrected chi connectivity index (χ1v) is 12.4. The first-order valence-electron chi connectivity index (χ1n) is 11.6. The lowest BCUT2D eigenvalue weighted by atomic mass is 10.1. The Kier molecular flexibility index (Phi) is 7.67. The number of carbonyl (C=O) groups is 2. The third-order valence-corrected chi connectivity index (χ3v) is 6.47. The van der Waals surface area contributed by atoms with Gasteiger partial charge in [0.1, 0.15) is 5.01 Å². The number of thiazole rings is 1. The molecule has 0 bridgehead atoms. The van der Waals surface area contributed by atoms with Crippen molar-refractivity contribution in [3.05, 3.63) is 81.2 Å². The Hall–Kier alpha value is -3.85. The Balaban J connectivity index is 1.44. The average Bonchev–Trinajstić information content (AvgIpc) is 3.32. The molecule has 0 unspecified atom stereocenters. The second-order valence-electron chi connectivity index (χ2n) is 8.32. The number of benzene rings is 2. The van der Waals surface area contributed by atoms with Gasteiger partial charge in [-0.15, -0.1) is 11.3 Å². The Bertz CT molecular complexity index is 1430. The van der Waals surface area contributed by atoms with E-state index in [9.17, 15) is 14.4 Å². The molecule has 0 aliphatic rings. The monoisotopic (exact) mass is 489 g/mol. The molecule has 0 aliphatic carbocycles. The summed E-state index contributed by atoms with van der Waals surface area (Å²) in [7, 11) is 0. The van der Waals surface area contributed by atoms with E-state index in [1.54, 1.807) is 24.3 Å². The summed E-state index contributed by atoms with van der Waals surface area (Å²) in [6.45, 7) is 4.52. The van der Waals surface area contributed by atoms with E-state index < -0.39 is 11.8 Å². The molecule has 35 heavy (non-hydrogen) atoms. The molecule has 2 N–H and O–H groups in total. The van der Waals surface area contributed by atoms with Crippen LogP contribution < -0.4 is 16.4 Å². The molecule has 0 aliphatic heterocycles. The van der Waals surface area contributed by atoms with Gasteiger partial charge in [-0.2, -0.15) is 5.10 Å². The molecule has 0 saturated carbocycles. The van der Waals surface area contributed by atoms with Crippen molar-refractivity contribution in [1.29, 1.82) is 0 Å². The van der Waals surface area contributed by atoms with E-state index in [2.05, 4.69) is 27.9 Å². The van der Waals surface area contributed by atoms with E-state index in [4.69, 9.17) is 0 Å². The molecule has 0 spiro atoms. The summed E-state index contributed by atoms with van der Waals surface area (Å²) in [5.41, 5.74) is 7.48. The minimum absolute atomic E-state index is 0.0211. The summed E-state index contributed by atoms with van der Waals surface area (Å²) in [6.07, 6.45) is 2.78. The fourth-order valence-corrected chi connectivity index (χ4v) is 4.58. The average molecular weight is 490 g/mol. The molecule has 0 radical (unpaired) electrons. The summed E-state index contributed by atoms with van der Waals surface area (Å²) < 4.78 is 1.33. The zero-order valence-electron chi connectivity index (χ0n) is 19.7. The lowest BCUT2D eigenvalue weighted by molar-refractivity contribution is -0.121. The SMILES string of the molecule is CCCCCn1nc(C(=O)NNC(=O)Cc2csc(-c3cccc(C)c3)n2)c2ccccc2c1=O. The van der Waals surface area contributed by atoms with E-state index in [0.29, 0.717) is 23.0 Å². The maximum absolute atomic E-state index is 12.9. The fourth-order valence-electron chi connectivity index (χ4n) is 3.76. The predicted molar refractivity (Wildman–Crippen MR) is 137 cm³/mol. The molecule has 2 amide bonds. The molecular formula is C26H27N5O3S. The fraction of sp³-hybridized carbons (Fsp3) is 0.269. The number of nitrogens with zero attached hydrogens (tertiary/aromatic N) is 3. The maximum Gasteiger partial charge on any atom is 0.290 e. The topological polar surface area (TPSA) is 106 Å². The van der Waals surface area contributed by atoms with Crippen molar-refractivity contribution >= 4 is 33.9 Å². The summed E-state index contributed by atoms with van der Waals surface area (Å²) in [4.78, 5) is 42.7. The van der Waals surface area contributed by atoms with E-state index in [-0.39, 0.29) is 17.7 Å². The highest BCUT2D eigenvalue weighted by Gasteiger charge is 2.17. The third kappa shape index (κ3) is 5.81. The van der Waals surface area contributed by atoms with Gasteiger partial charge in [0.25, 0.3) is 11.5 Å². The normalized spacial score (nSPS) is 10.9. The predicted octanol–water partition coefficient (Wildman–Crippen LogP) is 4.02. The quantitative estimate of drug-likeness (QED) is 0.287. The molecule has 0 saturated heterocycles. The van der Waals surface area contributed by atoms with Gasteiger partial charge in [0.2, 0.25) is 5.91 Å². The van der Waals surface area contributed by atoms with E-state index in [0.717, 1.165) is 35.4 Å². The molecule has 9 heteroatoms. The molecular weight excluding hydrogens is 462 g/mol. The molecule has 2 aromatic carbocycles. The molecule has 0 atom stereocenters. The van der Waals surface area contributed by atoms with Crippen molar-refractivity contribution in [3.63, 3.8) is 0 Å². The minimum Gasteiger partial charge on any atom is -0.273 e. The number of aryl methyl sites for hydroxylation is 2. The smallest absolute Gasteiger partial charge is 0.273 e. The van der Waals surface area contributed by atoms with Gasteiger partial charge in [0.15, 0.2) is 5.69 Å². The number of carbonyl (C=O) groups excluding carboxylic acids is 2. The van der Waals surface area contributed by atoms with Crippen LogP contribution in [0.25, 0.3) is 21.3 Å². The van der Waals surface area contributed by atoms with E-state index in [1.807, 2.05) is 36.6 Å². The molecule has 0 fully saturated rings. The Morgan fingerprint density at radius 3 is 2.60 bits per heavy atom. The van der Waals surface area contributed by atoms with Crippen molar-refractivity contribution in [2.45, 2.75) is 46.1 Å². The highest BCUT2D eigenvalue weighted by molar-refractivity contribution is 7.13. The molecule has 2 heterocycles. The van der Waals surface area contributed by atoms with Crippen LogP contribution in [-0.2, 0) is 17.8 Å². The number of hydrogen-bond donors (Lipinski definition) is 2. The van der Waals surface area contributed by atoms with Crippen LogP contribution in [0.3, 0.4) is 0 Å². The summed E-state index contributed by atoms with van der Waals surface area (Å²) >= 11 is 1.47. The van der Waals surface area contributed by atoms with Crippen LogP contribution in [0.2, 0.25) is 0 Å². The van der Waals surface area contributed by atoms with Crippen LogP contribution in [0.4, 0.5) is 0 Å². The van der Waals surface area contributed by atoms with Gasteiger partial charge in [-0.1, -0.05) is 61.7 Å². The lowest BCUT2D eigenvalue weighted by Gasteiger charge is -2.11. The third-order valence-electron chi connectivity index (χ3n) is 5.53. The zero-order chi connectivity index (χ0) is 24.8. The van der Waals surface area contributed by atoms with Gasteiger partial charge in [-0.05, 0) is 25.5 Å². The van der Waals surface area contributed by atoms with Crippen LogP contribution in [0, 0.1) is 6.92 Å². The van der Waals surface area contributed by atoms with Crippen LogP contribution >= 0.6 is 11.3 Å². The first-order chi connectivity index (χ1) is 17.0. The van der Waals surface area contributed by atoms with Gasteiger partial charge in [-0.3, -0.25) is 25.2 Å². The van der Waals surface area contributed by atoms with Gasteiger partial charge in [0.05, 0.1) is 17.5 Å². The minimum atomic E-state index is -0.586. The standard InChI is InChI=1S/C26H27N5O3S/c1-3-4-7-13-31-26(34)21-12-6-5-11-20(21)23(30-31)24(33)29-28-22(32)15-19-16-35-25(27-19)18-10-8-9-17(2)14-18/h5-6,8-12,14,16H,3-4,7,13,15H2,1-2H3,(H,28,32)(H,29,33). The highest BCUT2D eigenvalue weighted by Crippen LogP contribution is 2.24. The Morgan fingerprint density at radius 2 is 1.83 bits per heavy atom. The highest BCUT2D eigenvalue weighted by atomic mass is 32.1. The number of hydrazine groups is 1. The van der Waals surface area contributed by atoms with Crippen molar-refractivity contribution < 1.29 is 9.59 Å². The van der Waals surface area contributed by atoms with Crippen LogP contribution in [0.5, 0.6) is 0 Å². The second kappa shape index (κ2) is 11.1. The number of aromatic nitrogens is 3. The summed E-state index contributed by atoms with van der Waals surface area (Å²) in [6, 6.07) is 14.9. The molecule has 4 aromatic rings. The van der Waals surface area contributed by atoms with Crippen LogP contribution in [-0.4, -0.2) is 26.6 Å². The van der Waals surface area contributed by atoms with Crippen molar-refractivity contribution in [2.75, 3.05) is 0 Å². The summed E-state index contributed by atoms with van der Waals surface area (Å²) in [5, 5.41) is 7.84. The number of hydrogen-bond acceptors (Lipinski definition) is 6. The number of nitrogens with one attached hydrogen (secondary N) is 2. The van der Waals surface area contributed by atoms with Gasteiger partial charge in [0, 0.05) is 22.9 Å². The maximum atomic E-state index is 12.9. The number of rotatable bonds is 8. The van der Waals surface area contributed by atoms with Crippen molar-refractivity contribution in [2.24, 2.45) is 0 Å². The zero-order valence-corrected chi connectivity index (χ0v) is 20.5. The number of unbranched alkanes of at least 4 members (excludes halogenated alkanes) is 2. The van der Waals surface area contributed by atoms with Crippen molar-refractivity contribution in [1.82, 2.24) is 25.6 Å². The van der Waals surface area contributed by atoms with Gasteiger partial charge < -0.3 is 0 Å². The lowest BCUT2D eigenvalue weighted by Crippen LogP contribution is -2.43. The summed E-state index contributed by atoms with van der Waals surface area (Å²) in [5.74, 6) is -0.988. The van der Waals surface area contributed by atoms with E-state index in [1.165, 1.54) is 16.0 Å². The molecule has 2 aromatic heterocycles. The van der Waals surface area contributed by atoms with Gasteiger partial charge >= 0.3 is 0 Å². The van der Waals surface area contributed by atoms with E-state index >= 15 is 0 Å². The largest absolute Gasteiger partial charge is 0.290 e. The molecule has 8 nitrogen and oxygen atoms in total. The van der Waals surface area contributed by atoms with Gasteiger partial charge in [-0.25, -0.2) is 9.67 Å². The Labute approximate surface area is 207 Å². The van der Waals surface area contributed by atoms with Crippen LogP contribution in [0.15, 0.2) is 58.7 Å². The number of amides is 2. The van der Waals surface area contributed by atoms with Crippen molar-refractivity contribution in [3.8, 4) is 10.6 Å². The Morgan fingerprint density at radius 1 is 1.03 bits per heavy atom. The molecule has 180 valence electrons. The second-order valence-corrected chi connectivity index (χ2v) is 9.18. The first kappa shape index (κ1) is 24.3. The van der Waals surface area contributed by atoms with Crippen LogP contribution in [0.1, 0.15) is 47.9 Å².